The van der Waals surface area contributed by atoms with E-state index in [1.807, 2.05) is 11.9 Å². The second-order valence-electron chi connectivity index (χ2n) is 7.68. The minimum Gasteiger partial charge on any atom is -0.492 e. The van der Waals surface area contributed by atoms with Crippen LogP contribution < -0.4 is 10.1 Å². The standard InChI is InChI=1S/C21H23Cl2N3O4/c1-25-10-14(8-17-21(25)30-12-19(27)24-17)20(28)26-6-4-13(5-7-26)11-29-18-9-15(22)2-3-16(18)23/h2-3,8-10,13,21H,4-7,11-12H2,1H3,(H,24,27). The lowest BCUT2D eigenvalue weighted by molar-refractivity contribution is -0.135. The number of fused-ring (bicyclic) bond motifs is 1. The molecule has 1 unspecified atom stereocenters. The molecule has 0 radical (unpaired) electrons. The van der Waals surface area contributed by atoms with Gasteiger partial charge < -0.3 is 24.6 Å². The van der Waals surface area contributed by atoms with Crippen LogP contribution in [-0.4, -0.2) is 61.2 Å². The molecule has 2 fully saturated rings. The first-order chi connectivity index (χ1) is 14.4. The Morgan fingerprint density at radius 1 is 1.30 bits per heavy atom. The third-order valence-corrected chi connectivity index (χ3v) is 6.01. The molecule has 1 atom stereocenters. The predicted octanol–water partition coefficient (Wildman–Crippen LogP) is 2.80. The number of benzene rings is 1. The number of halogens is 2. The molecule has 0 aromatic heterocycles. The molecule has 1 aromatic rings. The van der Waals surface area contributed by atoms with Crippen molar-refractivity contribution in [1.29, 1.82) is 0 Å². The smallest absolute Gasteiger partial charge is 0.255 e. The van der Waals surface area contributed by atoms with Gasteiger partial charge in [-0.1, -0.05) is 23.2 Å². The number of nitrogens with one attached hydrogen (secondary N) is 1. The first-order valence-electron chi connectivity index (χ1n) is 9.84. The summed E-state index contributed by atoms with van der Waals surface area (Å²) in [6.45, 7) is 1.83. The van der Waals surface area contributed by atoms with Gasteiger partial charge in [-0.15, -0.1) is 0 Å². The van der Waals surface area contributed by atoms with Crippen LogP contribution in [0.1, 0.15) is 12.8 Å². The quantitative estimate of drug-likeness (QED) is 0.761. The highest BCUT2D eigenvalue weighted by molar-refractivity contribution is 6.34. The van der Waals surface area contributed by atoms with Crippen molar-refractivity contribution >= 4 is 35.0 Å². The van der Waals surface area contributed by atoms with Gasteiger partial charge in [-0.2, -0.15) is 0 Å². The van der Waals surface area contributed by atoms with E-state index in [2.05, 4.69) is 5.32 Å². The van der Waals surface area contributed by atoms with Crippen LogP contribution in [0.25, 0.3) is 0 Å². The van der Waals surface area contributed by atoms with E-state index >= 15 is 0 Å². The van der Waals surface area contributed by atoms with Crippen molar-refractivity contribution in [2.24, 2.45) is 5.92 Å². The Bertz CT molecular complexity index is 910. The Kier molecular flexibility index (Phi) is 6.22. The number of hydrogen-bond donors (Lipinski definition) is 1. The normalized spacial score (nSPS) is 22.1. The molecule has 0 bridgehead atoms. The van der Waals surface area contributed by atoms with Gasteiger partial charge in [0, 0.05) is 37.4 Å². The van der Waals surface area contributed by atoms with Crippen molar-refractivity contribution in [3.05, 3.63) is 51.8 Å². The fourth-order valence-electron chi connectivity index (χ4n) is 3.84. The molecule has 3 aliphatic rings. The summed E-state index contributed by atoms with van der Waals surface area (Å²) in [6.07, 6.45) is 4.79. The summed E-state index contributed by atoms with van der Waals surface area (Å²) in [7, 11) is 1.83. The van der Waals surface area contributed by atoms with Gasteiger partial charge in [0.05, 0.1) is 22.9 Å². The number of amides is 2. The number of piperidine rings is 1. The molecular formula is C21H23Cl2N3O4. The molecule has 4 rings (SSSR count). The Morgan fingerprint density at radius 3 is 2.83 bits per heavy atom. The third-order valence-electron chi connectivity index (χ3n) is 5.46. The van der Waals surface area contributed by atoms with Crippen molar-refractivity contribution in [2.75, 3.05) is 33.4 Å². The SMILES string of the molecule is CN1C=C(C(=O)N2CCC(COc3cc(Cl)ccc3Cl)CC2)C=C2NC(=O)COC21. The Hall–Kier alpha value is -2.22. The summed E-state index contributed by atoms with van der Waals surface area (Å²) in [5.74, 6) is 0.655. The molecule has 2 saturated heterocycles. The summed E-state index contributed by atoms with van der Waals surface area (Å²) >= 11 is 12.1. The minimum absolute atomic E-state index is 0.0133. The zero-order chi connectivity index (χ0) is 21.3. The Balaban J connectivity index is 1.32. The Morgan fingerprint density at radius 2 is 2.07 bits per heavy atom. The van der Waals surface area contributed by atoms with E-state index in [-0.39, 0.29) is 24.6 Å². The number of hydrogen-bond acceptors (Lipinski definition) is 5. The molecule has 160 valence electrons. The number of likely N-dealkylation sites (tertiary alicyclic amines) is 1. The lowest BCUT2D eigenvalue weighted by Crippen LogP contribution is -2.49. The van der Waals surface area contributed by atoms with Crippen LogP contribution in [0.5, 0.6) is 5.75 Å². The van der Waals surface area contributed by atoms with Crippen molar-refractivity contribution in [1.82, 2.24) is 15.1 Å². The highest BCUT2D eigenvalue weighted by Gasteiger charge is 2.32. The van der Waals surface area contributed by atoms with Gasteiger partial charge in [-0.3, -0.25) is 9.59 Å². The number of morpholine rings is 1. The fourth-order valence-corrected chi connectivity index (χ4v) is 4.17. The predicted molar refractivity (Wildman–Crippen MR) is 113 cm³/mol. The largest absolute Gasteiger partial charge is 0.492 e. The summed E-state index contributed by atoms with van der Waals surface area (Å²) in [4.78, 5) is 28.2. The zero-order valence-electron chi connectivity index (χ0n) is 16.6. The molecule has 3 aliphatic heterocycles. The lowest BCUT2D eigenvalue weighted by Gasteiger charge is -2.37. The average molecular weight is 452 g/mol. The van der Waals surface area contributed by atoms with E-state index < -0.39 is 0 Å². The number of rotatable bonds is 4. The molecule has 1 aromatic carbocycles. The summed E-state index contributed by atoms with van der Waals surface area (Å²) in [6, 6.07) is 5.15. The van der Waals surface area contributed by atoms with Crippen LogP contribution in [0.15, 0.2) is 41.7 Å². The van der Waals surface area contributed by atoms with Gasteiger partial charge in [-0.05, 0) is 37.0 Å². The van der Waals surface area contributed by atoms with Crippen LogP contribution in [0, 0.1) is 5.92 Å². The van der Waals surface area contributed by atoms with Crippen molar-refractivity contribution < 1.29 is 19.1 Å². The molecule has 7 nitrogen and oxygen atoms in total. The fraction of sp³-hybridized carbons (Fsp3) is 0.429. The van der Waals surface area contributed by atoms with E-state index in [1.54, 1.807) is 35.4 Å². The van der Waals surface area contributed by atoms with Crippen molar-refractivity contribution in [3.8, 4) is 5.75 Å². The van der Waals surface area contributed by atoms with Gasteiger partial charge in [0.25, 0.3) is 5.91 Å². The molecule has 0 spiro atoms. The molecule has 0 saturated carbocycles. The highest BCUT2D eigenvalue weighted by Crippen LogP contribution is 2.29. The monoisotopic (exact) mass is 451 g/mol. The van der Waals surface area contributed by atoms with Crippen LogP contribution in [-0.2, 0) is 14.3 Å². The van der Waals surface area contributed by atoms with Crippen LogP contribution in [0.2, 0.25) is 10.0 Å². The molecule has 30 heavy (non-hydrogen) atoms. The molecule has 2 amide bonds. The third kappa shape index (κ3) is 4.58. The Labute approximate surface area is 185 Å². The molecule has 3 heterocycles. The van der Waals surface area contributed by atoms with Gasteiger partial charge in [-0.25, -0.2) is 0 Å². The van der Waals surface area contributed by atoms with E-state index in [4.69, 9.17) is 32.7 Å². The van der Waals surface area contributed by atoms with Crippen LogP contribution in [0.3, 0.4) is 0 Å². The number of likely N-dealkylation sites (N-methyl/N-ethyl adjacent to an activating group) is 1. The lowest BCUT2D eigenvalue weighted by atomic mass is 9.97. The zero-order valence-corrected chi connectivity index (χ0v) is 18.1. The van der Waals surface area contributed by atoms with Gasteiger partial charge in [0.1, 0.15) is 12.4 Å². The van der Waals surface area contributed by atoms with E-state index in [0.29, 0.717) is 52.7 Å². The van der Waals surface area contributed by atoms with Crippen molar-refractivity contribution in [2.45, 2.75) is 19.1 Å². The van der Waals surface area contributed by atoms with Crippen molar-refractivity contribution in [3.63, 3.8) is 0 Å². The number of ether oxygens (including phenoxy) is 2. The topological polar surface area (TPSA) is 71.1 Å². The van der Waals surface area contributed by atoms with E-state index in [0.717, 1.165) is 12.8 Å². The van der Waals surface area contributed by atoms with Gasteiger partial charge in [0.2, 0.25) is 5.91 Å². The number of nitrogens with zero attached hydrogens (tertiary/aromatic N) is 2. The molecular weight excluding hydrogens is 429 g/mol. The molecule has 1 N–H and O–H groups in total. The molecule has 9 heteroatoms. The van der Waals surface area contributed by atoms with E-state index in [9.17, 15) is 9.59 Å². The van der Waals surface area contributed by atoms with Gasteiger partial charge >= 0.3 is 0 Å². The van der Waals surface area contributed by atoms with E-state index in [1.165, 1.54) is 0 Å². The average Bonchev–Trinajstić information content (AvgIpc) is 2.74. The highest BCUT2D eigenvalue weighted by atomic mass is 35.5. The second kappa shape index (κ2) is 8.88. The summed E-state index contributed by atoms with van der Waals surface area (Å²) in [5, 5.41) is 3.90. The molecule has 0 aliphatic carbocycles. The number of carbonyl (C=O) groups is 2. The number of carbonyl (C=O) groups excluding carboxylic acids is 2. The first-order valence-corrected chi connectivity index (χ1v) is 10.6. The van der Waals surface area contributed by atoms with Gasteiger partial charge in [0.15, 0.2) is 6.23 Å². The minimum atomic E-state index is -0.361. The summed E-state index contributed by atoms with van der Waals surface area (Å²) in [5.41, 5.74) is 1.14. The summed E-state index contributed by atoms with van der Waals surface area (Å²) < 4.78 is 11.4. The maximum atomic E-state index is 13.0. The van der Waals surface area contributed by atoms with Crippen LogP contribution >= 0.6 is 23.2 Å². The maximum Gasteiger partial charge on any atom is 0.255 e. The maximum absolute atomic E-state index is 13.0. The first kappa shape index (κ1) is 21.0. The second-order valence-corrected chi connectivity index (χ2v) is 8.53. The van der Waals surface area contributed by atoms with Crippen LogP contribution in [0.4, 0.5) is 0 Å².